The second-order valence-corrected chi connectivity index (χ2v) is 9.16. The molecule has 0 bridgehead atoms. The van der Waals surface area contributed by atoms with Gasteiger partial charge in [0.25, 0.3) is 11.8 Å². The van der Waals surface area contributed by atoms with Crippen LogP contribution >= 0.6 is 0 Å². The van der Waals surface area contributed by atoms with Crippen molar-refractivity contribution in [2.45, 2.75) is 38.0 Å². The molecule has 5 rings (SSSR count). The molecule has 1 saturated heterocycles. The molecule has 2 aliphatic rings. The molecular weight excluding hydrogens is 456 g/mol. The van der Waals surface area contributed by atoms with E-state index in [-0.39, 0.29) is 19.1 Å². The van der Waals surface area contributed by atoms with Gasteiger partial charge in [-0.05, 0) is 41.7 Å². The van der Waals surface area contributed by atoms with E-state index in [0.29, 0.717) is 0 Å². The van der Waals surface area contributed by atoms with E-state index in [1.54, 1.807) is 13.8 Å². The van der Waals surface area contributed by atoms with Gasteiger partial charge < -0.3 is 14.8 Å². The smallest absolute Gasteiger partial charge is 0.407 e. The molecule has 0 saturated carbocycles. The molecule has 0 radical (unpaired) electrons. The minimum Gasteiger partial charge on any atom is -0.449 e. The van der Waals surface area contributed by atoms with Crippen molar-refractivity contribution in [3.05, 3.63) is 95.6 Å². The molecule has 1 fully saturated rings. The van der Waals surface area contributed by atoms with Gasteiger partial charge >= 0.3 is 6.09 Å². The molecule has 0 spiro atoms. The van der Waals surface area contributed by atoms with Crippen LogP contribution in [0.2, 0.25) is 0 Å². The average Bonchev–Trinajstić information content (AvgIpc) is 3.22. The zero-order valence-corrected chi connectivity index (χ0v) is 20.2. The Hall–Kier alpha value is -3.97. The molecule has 1 N–H and O–H groups in total. The van der Waals surface area contributed by atoms with Crippen molar-refractivity contribution >= 4 is 17.9 Å². The van der Waals surface area contributed by atoms with Crippen LogP contribution in [0, 0.1) is 0 Å². The van der Waals surface area contributed by atoms with Gasteiger partial charge in [0.1, 0.15) is 24.9 Å². The van der Waals surface area contributed by atoms with Crippen molar-refractivity contribution in [1.82, 2.24) is 10.2 Å². The largest absolute Gasteiger partial charge is 0.449 e. The first-order chi connectivity index (χ1) is 17.4. The highest BCUT2D eigenvalue weighted by Gasteiger charge is 2.38. The Labute approximate surface area is 210 Å². The van der Waals surface area contributed by atoms with E-state index in [1.807, 2.05) is 66.7 Å². The third-order valence-corrected chi connectivity index (χ3v) is 6.82. The SMILES string of the molecule is C[C@H](NC(=O)OCC1c2ccccc2-c2ccccc21)C(=O)N1C[C@H](c2ccccc2)O[C@H](C)C1=O. The summed E-state index contributed by atoms with van der Waals surface area (Å²) in [5.41, 5.74) is 5.37. The average molecular weight is 485 g/mol. The van der Waals surface area contributed by atoms with Crippen LogP contribution in [-0.4, -0.2) is 48.1 Å². The molecule has 1 heterocycles. The quantitative estimate of drug-likeness (QED) is 0.579. The van der Waals surface area contributed by atoms with Crippen molar-refractivity contribution in [1.29, 1.82) is 0 Å². The van der Waals surface area contributed by atoms with Crippen LogP contribution in [-0.2, 0) is 19.1 Å². The van der Waals surface area contributed by atoms with Gasteiger partial charge in [0, 0.05) is 5.92 Å². The summed E-state index contributed by atoms with van der Waals surface area (Å²) < 4.78 is 11.4. The molecule has 3 aromatic carbocycles. The van der Waals surface area contributed by atoms with E-state index < -0.39 is 36.2 Å². The summed E-state index contributed by atoms with van der Waals surface area (Å²) in [6.45, 7) is 3.41. The highest BCUT2D eigenvalue weighted by Crippen LogP contribution is 2.44. The lowest BCUT2D eigenvalue weighted by atomic mass is 9.98. The van der Waals surface area contributed by atoms with Crippen LogP contribution in [0.25, 0.3) is 11.1 Å². The van der Waals surface area contributed by atoms with E-state index in [2.05, 4.69) is 17.4 Å². The summed E-state index contributed by atoms with van der Waals surface area (Å²) >= 11 is 0. The van der Waals surface area contributed by atoms with Crippen molar-refractivity contribution in [2.75, 3.05) is 13.2 Å². The number of hydrogen-bond acceptors (Lipinski definition) is 5. The zero-order chi connectivity index (χ0) is 25.2. The minimum absolute atomic E-state index is 0.0811. The number of fused-ring (bicyclic) bond motifs is 3. The predicted octanol–water partition coefficient (Wildman–Crippen LogP) is 4.43. The highest BCUT2D eigenvalue weighted by atomic mass is 16.5. The molecule has 1 aliphatic carbocycles. The normalized spacial score (nSPS) is 19.8. The summed E-state index contributed by atoms with van der Waals surface area (Å²) in [6, 6.07) is 24.7. The first kappa shape index (κ1) is 23.8. The van der Waals surface area contributed by atoms with Crippen LogP contribution in [0.3, 0.4) is 0 Å². The Kier molecular flexibility index (Phi) is 6.57. The lowest BCUT2D eigenvalue weighted by Crippen LogP contribution is -2.56. The van der Waals surface area contributed by atoms with E-state index in [4.69, 9.17) is 9.47 Å². The van der Waals surface area contributed by atoms with Gasteiger partial charge in [0.05, 0.1) is 6.54 Å². The first-order valence-electron chi connectivity index (χ1n) is 12.1. The van der Waals surface area contributed by atoms with Crippen LogP contribution < -0.4 is 5.32 Å². The number of nitrogens with one attached hydrogen (secondary N) is 1. The maximum atomic E-state index is 13.1. The van der Waals surface area contributed by atoms with Gasteiger partial charge in [0.15, 0.2) is 0 Å². The van der Waals surface area contributed by atoms with Crippen LogP contribution in [0.4, 0.5) is 4.79 Å². The Bertz CT molecular complexity index is 1250. The number of rotatable bonds is 5. The lowest BCUT2D eigenvalue weighted by Gasteiger charge is -2.36. The maximum Gasteiger partial charge on any atom is 0.407 e. The van der Waals surface area contributed by atoms with Gasteiger partial charge in [-0.3, -0.25) is 14.5 Å². The van der Waals surface area contributed by atoms with Gasteiger partial charge in [0.2, 0.25) is 0 Å². The zero-order valence-electron chi connectivity index (χ0n) is 20.2. The Balaban J connectivity index is 1.22. The molecule has 36 heavy (non-hydrogen) atoms. The molecule has 184 valence electrons. The molecular formula is C29H28N2O5. The molecule has 7 nitrogen and oxygen atoms in total. The van der Waals surface area contributed by atoms with Gasteiger partial charge in [-0.25, -0.2) is 4.79 Å². The van der Waals surface area contributed by atoms with E-state index in [0.717, 1.165) is 27.8 Å². The number of ether oxygens (including phenoxy) is 2. The van der Waals surface area contributed by atoms with Crippen molar-refractivity contribution in [3.8, 4) is 11.1 Å². The third-order valence-electron chi connectivity index (χ3n) is 6.82. The Morgan fingerprint density at radius 3 is 2.19 bits per heavy atom. The summed E-state index contributed by atoms with van der Waals surface area (Å²) in [6.07, 6.45) is -1.90. The molecule has 3 amide bonds. The number of benzene rings is 3. The minimum atomic E-state index is -0.939. The number of carbonyl (C=O) groups is 3. The number of alkyl carbamates (subject to hydrolysis) is 1. The molecule has 3 atom stereocenters. The van der Waals surface area contributed by atoms with Gasteiger partial charge in [-0.2, -0.15) is 0 Å². The van der Waals surface area contributed by atoms with E-state index in [9.17, 15) is 14.4 Å². The maximum absolute atomic E-state index is 13.1. The topological polar surface area (TPSA) is 84.9 Å². The second-order valence-electron chi connectivity index (χ2n) is 9.16. The number of carbonyl (C=O) groups excluding carboxylic acids is 3. The number of morpholine rings is 1. The van der Waals surface area contributed by atoms with Gasteiger partial charge in [-0.1, -0.05) is 78.9 Å². The monoisotopic (exact) mass is 484 g/mol. The molecule has 0 unspecified atom stereocenters. The number of hydrogen-bond donors (Lipinski definition) is 1. The molecule has 1 aliphatic heterocycles. The number of amides is 3. The van der Waals surface area contributed by atoms with Crippen molar-refractivity contribution in [3.63, 3.8) is 0 Å². The lowest BCUT2D eigenvalue weighted by molar-refractivity contribution is -0.168. The fraction of sp³-hybridized carbons (Fsp3) is 0.276. The molecule has 7 heteroatoms. The third kappa shape index (κ3) is 4.50. The summed E-state index contributed by atoms with van der Waals surface area (Å²) in [7, 11) is 0. The summed E-state index contributed by atoms with van der Waals surface area (Å²) in [4.78, 5) is 39.6. The van der Waals surface area contributed by atoms with Crippen molar-refractivity contribution in [2.24, 2.45) is 0 Å². The van der Waals surface area contributed by atoms with Crippen molar-refractivity contribution < 1.29 is 23.9 Å². The summed E-state index contributed by atoms with van der Waals surface area (Å²) in [5.74, 6) is -1.000. The highest BCUT2D eigenvalue weighted by molar-refractivity contribution is 6.00. The predicted molar refractivity (Wildman–Crippen MR) is 134 cm³/mol. The fourth-order valence-corrected chi connectivity index (χ4v) is 4.99. The molecule has 0 aromatic heterocycles. The Morgan fingerprint density at radius 2 is 1.56 bits per heavy atom. The fourth-order valence-electron chi connectivity index (χ4n) is 4.99. The Morgan fingerprint density at radius 1 is 0.972 bits per heavy atom. The van der Waals surface area contributed by atoms with E-state index >= 15 is 0 Å². The van der Waals surface area contributed by atoms with Gasteiger partial charge in [-0.15, -0.1) is 0 Å². The molecule has 3 aromatic rings. The van der Waals surface area contributed by atoms with Crippen LogP contribution in [0.1, 0.15) is 42.6 Å². The van der Waals surface area contributed by atoms with Crippen LogP contribution in [0.15, 0.2) is 78.9 Å². The second kappa shape index (κ2) is 9.95. The number of imide groups is 1. The first-order valence-corrected chi connectivity index (χ1v) is 12.1. The van der Waals surface area contributed by atoms with E-state index in [1.165, 1.54) is 4.90 Å². The summed E-state index contributed by atoms with van der Waals surface area (Å²) in [5, 5.41) is 2.59. The standard InChI is InChI=1S/C29H28N2O5/c1-18(27(32)31-16-26(36-19(2)28(31)33)20-10-4-3-5-11-20)30-29(34)35-17-25-23-14-8-6-12-21(23)22-13-7-9-15-24(22)25/h3-15,18-19,25-26H,16-17H2,1-2H3,(H,30,34)/t18-,19+,26+/m0/s1. The van der Waals surface area contributed by atoms with Crippen LogP contribution in [0.5, 0.6) is 0 Å². The number of nitrogens with zero attached hydrogens (tertiary/aromatic N) is 1.